The fourth-order valence-electron chi connectivity index (χ4n) is 1.49. The highest BCUT2D eigenvalue weighted by atomic mass is 79.9. The van der Waals surface area contributed by atoms with E-state index >= 15 is 0 Å². The Kier molecular flexibility index (Phi) is 2.97. The van der Waals surface area contributed by atoms with Crippen LogP contribution >= 0.6 is 39.0 Å². The molecule has 3 aromatic heterocycles. The average Bonchev–Trinajstić information content (AvgIpc) is 2.96. The lowest BCUT2D eigenvalue weighted by molar-refractivity contribution is 1.04. The molecule has 0 aliphatic carbocycles. The summed E-state index contributed by atoms with van der Waals surface area (Å²) in [7, 11) is 0. The van der Waals surface area contributed by atoms with Crippen molar-refractivity contribution in [2.45, 2.75) is 17.8 Å². The molecule has 0 saturated carbocycles. The Balaban J connectivity index is 1.80. The van der Waals surface area contributed by atoms with Gasteiger partial charge in [0.25, 0.3) is 0 Å². The van der Waals surface area contributed by atoms with E-state index in [0.29, 0.717) is 0 Å². The van der Waals surface area contributed by atoms with E-state index < -0.39 is 0 Å². The molecule has 17 heavy (non-hydrogen) atoms. The number of thioether (sulfide) groups is 1. The quantitative estimate of drug-likeness (QED) is 0.748. The molecule has 3 aromatic rings. The van der Waals surface area contributed by atoms with Gasteiger partial charge in [0, 0.05) is 29.2 Å². The number of thiazole rings is 1. The Labute approximate surface area is 115 Å². The molecule has 0 aliphatic rings. The average molecular weight is 329 g/mol. The third-order valence-electron chi connectivity index (χ3n) is 2.29. The number of nitrogens with one attached hydrogen (secondary N) is 1. The van der Waals surface area contributed by atoms with E-state index in [1.165, 1.54) is 0 Å². The van der Waals surface area contributed by atoms with Crippen LogP contribution in [-0.4, -0.2) is 19.4 Å². The summed E-state index contributed by atoms with van der Waals surface area (Å²) in [6.45, 7) is 2.00. The van der Waals surface area contributed by atoms with E-state index in [0.717, 1.165) is 31.9 Å². The lowest BCUT2D eigenvalue weighted by Crippen LogP contribution is -1.84. The Morgan fingerprint density at radius 1 is 1.59 bits per heavy atom. The van der Waals surface area contributed by atoms with Gasteiger partial charge >= 0.3 is 0 Å². The standard InChI is InChI=1S/C10H9BrN4S2/c1-6-4-12-9(13-6)17-5-7-8(11)15-2-3-16-10(15)14-7/h2-4H,5H2,1H3,(H,12,13). The first-order valence-corrected chi connectivity index (χ1v) is 7.64. The van der Waals surface area contributed by atoms with Gasteiger partial charge in [0.15, 0.2) is 10.1 Å². The zero-order chi connectivity index (χ0) is 11.8. The second-order valence-electron chi connectivity index (χ2n) is 3.56. The molecule has 4 nitrogen and oxygen atoms in total. The number of H-pyrrole nitrogens is 1. The van der Waals surface area contributed by atoms with Crippen LogP contribution < -0.4 is 0 Å². The van der Waals surface area contributed by atoms with Crippen molar-refractivity contribution in [2.24, 2.45) is 0 Å². The summed E-state index contributed by atoms with van der Waals surface area (Å²) in [5.74, 6) is 0.807. The molecule has 0 unspecified atom stereocenters. The van der Waals surface area contributed by atoms with Crippen molar-refractivity contribution in [3.05, 3.63) is 33.8 Å². The van der Waals surface area contributed by atoms with E-state index in [9.17, 15) is 0 Å². The molecule has 88 valence electrons. The van der Waals surface area contributed by atoms with Crippen molar-refractivity contribution >= 4 is 44.0 Å². The minimum absolute atomic E-state index is 0.807. The van der Waals surface area contributed by atoms with E-state index in [1.54, 1.807) is 23.1 Å². The minimum Gasteiger partial charge on any atom is -0.337 e. The molecule has 0 radical (unpaired) electrons. The highest BCUT2D eigenvalue weighted by molar-refractivity contribution is 9.10. The third kappa shape index (κ3) is 2.14. The van der Waals surface area contributed by atoms with Crippen molar-refractivity contribution in [1.29, 1.82) is 0 Å². The number of aryl methyl sites for hydroxylation is 1. The van der Waals surface area contributed by atoms with Crippen LogP contribution in [0.1, 0.15) is 11.4 Å². The number of imidazole rings is 2. The van der Waals surface area contributed by atoms with Gasteiger partial charge in [-0.05, 0) is 22.9 Å². The lowest BCUT2D eigenvalue weighted by Gasteiger charge is -1.95. The second-order valence-corrected chi connectivity index (χ2v) is 6.15. The maximum atomic E-state index is 4.57. The smallest absolute Gasteiger partial charge is 0.194 e. The number of fused-ring (bicyclic) bond motifs is 1. The van der Waals surface area contributed by atoms with E-state index in [-0.39, 0.29) is 0 Å². The van der Waals surface area contributed by atoms with Crippen LogP contribution in [0, 0.1) is 6.92 Å². The monoisotopic (exact) mass is 328 g/mol. The van der Waals surface area contributed by atoms with Crippen LogP contribution in [0.15, 0.2) is 27.5 Å². The summed E-state index contributed by atoms with van der Waals surface area (Å²) in [5, 5.41) is 2.96. The molecule has 7 heteroatoms. The van der Waals surface area contributed by atoms with Gasteiger partial charge < -0.3 is 4.98 Å². The number of aromatic nitrogens is 4. The zero-order valence-electron chi connectivity index (χ0n) is 8.98. The maximum absolute atomic E-state index is 4.57. The summed E-state index contributed by atoms with van der Waals surface area (Å²) in [6, 6.07) is 0. The lowest BCUT2D eigenvalue weighted by atomic mass is 10.6. The molecule has 0 spiro atoms. The fourth-order valence-corrected chi connectivity index (χ4v) is 3.88. The Bertz CT molecular complexity index is 654. The molecule has 0 amide bonds. The molecular weight excluding hydrogens is 320 g/mol. The predicted molar refractivity (Wildman–Crippen MR) is 73.7 cm³/mol. The molecule has 0 aliphatic heterocycles. The van der Waals surface area contributed by atoms with Gasteiger partial charge in [0.05, 0.1) is 5.69 Å². The fraction of sp³-hybridized carbons (Fsp3) is 0.200. The number of hydrogen-bond donors (Lipinski definition) is 1. The summed E-state index contributed by atoms with van der Waals surface area (Å²) < 4.78 is 3.08. The molecule has 1 N–H and O–H groups in total. The number of halogens is 1. The van der Waals surface area contributed by atoms with Crippen LogP contribution in [0.4, 0.5) is 0 Å². The molecule has 0 atom stereocenters. The van der Waals surface area contributed by atoms with Gasteiger partial charge in [-0.15, -0.1) is 11.3 Å². The zero-order valence-corrected chi connectivity index (χ0v) is 12.2. The van der Waals surface area contributed by atoms with Crippen LogP contribution in [-0.2, 0) is 5.75 Å². The summed E-state index contributed by atoms with van der Waals surface area (Å²) in [6.07, 6.45) is 3.85. The van der Waals surface area contributed by atoms with E-state index in [2.05, 4.69) is 30.9 Å². The summed E-state index contributed by atoms with van der Waals surface area (Å²) >= 11 is 6.87. The van der Waals surface area contributed by atoms with Crippen molar-refractivity contribution in [2.75, 3.05) is 0 Å². The normalized spacial score (nSPS) is 11.4. The highest BCUT2D eigenvalue weighted by Crippen LogP contribution is 2.27. The number of aromatic amines is 1. The van der Waals surface area contributed by atoms with E-state index in [1.807, 2.05) is 29.1 Å². The van der Waals surface area contributed by atoms with Crippen LogP contribution in [0.25, 0.3) is 4.96 Å². The molecule has 3 rings (SSSR count). The second kappa shape index (κ2) is 4.47. The highest BCUT2D eigenvalue weighted by Gasteiger charge is 2.11. The summed E-state index contributed by atoms with van der Waals surface area (Å²) in [5.41, 5.74) is 2.13. The Morgan fingerprint density at radius 3 is 3.18 bits per heavy atom. The molecule has 3 heterocycles. The third-order valence-corrected chi connectivity index (χ3v) is 4.79. The van der Waals surface area contributed by atoms with Crippen LogP contribution in [0.2, 0.25) is 0 Å². The van der Waals surface area contributed by atoms with Gasteiger partial charge in [-0.2, -0.15) is 0 Å². The SMILES string of the molecule is Cc1cnc(SCc2nc3sccn3c2Br)[nH]1. The minimum atomic E-state index is 0.807. The Morgan fingerprint density at radius 2 is 2.47 bits per heavy atom. The van der Waals surface area contributed by atoms with Crippen molar-refractivity contribution in [3.8, 4) is 0 Å². The molecule has 0 saturated heterocycles. The van der Waals surface area contributed by atoms with Gasteiger partial charge in [-0.25, -0.2) is 9.97 Å². The van der Waals surface area contributed by atoms with Gasteiger partial charge in [0.2, 0.25) is 0 Å². The first-order valence-electron chi connectivity index (χ1n) is 4.98. The van der Waals surface area contributed by atoms with Crippen molar-refractivity contribution in [1.82, 2.24) is 19.4 Å². The van der Waals surface area contributed by atoms with Gasteiger partial charge in [-0.1, -0.05) is 11.8 Å². The molecule has 0 aromatic carbocycles. The van der Waals surface area contributed by atoms with Gasteiger partial charge in [0.1, 0.15) is 4.60 Å². The van der Waals surface area contributed by atoms with Crippen LogP contribution in [0.3, 0.4) is 0 Å². The molecule has 0 fully saturated rings. The van der Waals surface area contributed by atoms with Crippen molar-refractivity contribution in [3.63, 3.8) is 0 Å². The summed E-state index contributed by atoms with van der Waals surface area (Å²) in [4.78, 5) is 13.0. The number of rotatable bonds is 3. The van der Waals surface area contributed by atoms with E-state index in [4.69, 9.17) is 0 Å². The largest absolute Gasteiger partial charge is 0.337 e. The Hall–Kier alpha value is -0.790. The predicted octanol–water partition coefficient (Wildman–Crippen LogP) is 3.48. The number of nitrogens with zero attached hydrogens (tertiary/aromatic N) is 3. The molecular formula is C10H9BrN4S2. The van der Waals surface area contributed by atoms with Crippen molar-refractivity contribution < 1.29 is 0 Å². The first-order chi connectivity index (χ1) is 8.24. The maximum Gasteiger partial charge on any atom is 0.194 e. The first kappa shape index (κ1) is 11.3. The van der Waals surface area contributed by atoms with Crippen LogP contribution in [0.5, 0.6) is 0 Å². The molecule has 0 bridgehead atoms. The number of hydrogen-bond acceptors (Lipinski definition) is 4. The van der Waals surface area contributed by atoms with Gasteiger partial charge in [-0.3, -0.25) is 4.40 Å². The topological polar surface area (TPSA) is 46.0 Å².